The van der Waals surface area contributed by atoms with Gasteiger partial charge in [-0.1, -0.05) is 0 Å². The molecule has 0 bridgehead atoms. The Labute approximate surface area is 253 Å². The third-order valence-corrected chi connectivity index (χ3v) is 9.33. The average molecular weight is 616 g/mol. The molecule has 3 fully saturated rings. The number of aliphatic hydroxyl groups is 4. The third kappa shape index (κ3) is 8.23. The minimum atomic E-state index is -1.47. The molecule has 1 amide bonds. The molecule has 4 rings (SSSR count). The van der Waals surface area contributed by atoms with Crippen LogP contribution in [0, 0.1) is 11.8 Å². The van der Waals surface area contributed by atoms with Crippen molar-refractivity contribution in [3.63, 3.8) is 0 Å². The zero-order valence-corrected chi connectivity index (χ0v) is 25.2. The first kappa shape index (κ1) is 34.4. The maximum atomic E-state index is 12.6. The molecule has 0 spiro atoms. The van der Waals surface area contributed by atoms with Crippen molar-refractivity contribution < 1.29 is 39.4 Å². The normalized spacial score (nSPS) is 41.7. The van der Waals surface area contributed by atoms with Crippen molar-refractivity contribution in [1.82, 2.24) is 21.3 Å². The molecular formula is C28H53N7O8. The summed E-state index contributed by atoms with van der Waals surface area (Å²) >= 11 is 0. The molecular weight excluding hydrogens is 562 g/mol. The fourth-order valence-corrected chi connectivity index (χ4v) is 6.83. The number of rotatable bonds is 11. The standard InChI is InChI=1S/C28H53N7O8/c1-28(40)13-41-27(22(38)25(28)32-2)43-24-18(35-26(39)19(36)10-29)9-17(31)20(21(24)37)23-16(30)4-3-15(42-23)12-34-11-14-5-7-33-8-6-14/h3,14,16-25,27,32-34,36-38,40H,4-13,29-31H2,1-2H3,(H,35,39)/t16-,17+,18-,19-,20?,21+,22-,23+,24+,25-,27-,28+/m1/s1. The first-order chi connectivity index (χ1) is 20.5. The number of aliphatic hydroxyl groups excluding tert-OH is 3. The maximum absolute atomic E-state index is 12.6. The molecule has 0 radical (unpaired) electrons. The van der Waals surface area contributed by atoms with E-state index >= 15 is 0 Å². The molecule has 15 nitrogen and oxygen atoms in total. The van der Waals surface area contributed by atoms with E-state index in [1.165, 1.54) is 6.92 Å². The zero-order chi connectivity index (χ0) is 31.3. The predicted molar refractivity (Wildman–Crippen MR) is 157 cm³/mol. The second kappa shape index (κ2) is 15.2. The second-order valence-corrected chi connectivity index (χ2v) is 12.7. The van der Waals surface area contributed by atoms with E-state index in [1.807, 2.05) is 6.08 Å². The number of amides is 1. The van der Waals surface area contributed by atoms with E-state index in [-0.39, 0.29) is 19.6 Å². The van der Waals surface area contributed by atoms with E-state index in [9.17, 15) is 25.2 Å². The largest absolute Gasteiger partial charge is 0.492 e. The molecule has 43 heavy (non-hydrogen) atoms. The van der Waals surface area contributed by atoms with Crippen molar-refractivity contribution in [2.45, 2.75) is 99.2 Å². The lowest BCUT2D eigenvalue weighted by Gasteiger charge is -2.50. The highest BCUT2D eigenvalue weighted by Crippen LogP contribution is 2.36. The summed E-state index contributed by atoms with van der Waals surface area (Å²) in [5.41, 5.74) is 17.2. The summed E-state index contributed by atoms with van der Waals surface area (Å²) in [5.74, 6) is -0.104. The summed E-state index contributed by atoms with van der Waals surface area (Å²) in [7, 11) is 1.60. The maximum Gasteiger partial charge on any atom is 0.250 e. The van der Waals surface area contributed by atoms with Gasteiger partial charge in [0.1, 0.15) is 35.8 Å². The van der Waals surface area contributed by atoms with Gasteiger partial charge in [0.15, 0.2) is 6.29 Å². The molecule has 248 valence electrons. The van der Waals surface area contributed by atoms with Gasteiger partial charge in [0, 0.05) is 24.5 Å². The summed E-state index contributed by atoms with van der Waals surface area (Å²) in [6.07, 6.45) is -2.20. The van der Waals surface area contributed by atoms with Crippen molar-refractivity contribution in [2.75, 3.05) is 46.4 Å². The third-order valence-electron chi connectivity index (χ3n) is 9.33. The molecule has 0 aromatic rings. The Kier molecular flexibility index (Phi) is 12.2. The number of likely N-dealkylation sites (N-methyl/N-ethyl adjacent to an activating group) is 1. The second-order valence-electron chi connectivity index (χ2n) is 12.7. The van der Waals surface area contributed by atoms with Gasteiger partial charge in [0.25, 0.3) is 0 Å². The van der Waals surface area contributed by atoms with Crippen LogP contribution < -0.4 is 38.5 Å². The van der Waals surface area contributed by atoms with Crippen molar-refractivity contribution >= 4 is 5.91 Å². The van der Waals surface area contributed by atoms with Crippen LogP contribution in [0.5, 0.6) is 0 Å². The summed E-state index contributed by atoms with van der Waals surface area (Å²) in [4.78, 5) is 12.6. The summed E-state index contributed by atoms with van der Waals surface area (Å²) < 4.78 is 18.2. The SMILES string of the molecule is CN[C@@H]1[C@@H](O)[C@@H](O[C@H]2[C@H](NC(=O)[C@H](O)CN)C[C@H](N)C([C@H]3OC(CNCC4CCNCC4)=CC[C@H]3N)[C@@H]2O)OC[C@]1(C)O. The van der Waals surface area contributed by atoms with Crippen LogP contribution in [0.25, 0.3) is 0 Å². The van der Waals surface area contributed by atoms with Crippen LogP contribution in [0.2, 0.25) is 0 Å². The number of piperidine rings is 1. The van der Waals surface area contributed by atoms with Crippen molar-refractivity contribution in [3.8, 4) is 0 Å². The lowest BCUT2D eigenvalue weighted by molar-refractivity contribution is -0.297. The highest BCUT2D eigenvalue weighted by Gasteiger charge is 2.53. The fourth-order valence-electron chi connectivity index (χ4n) is 6.83. The molecule has 1 saturated carbocycles. The Morgan fingerprint density at radius 1 is 1.23 bits per heavy atom. The molecule has 1 unspecified atom stereocenters. The molecule has 1 aliphatic carbocycles. The van der Waals surface area contributed by atoms with Crippen LogP contribution in [0.1, 0.15) is 32.6 Å². The van der Waals surface area contributed by atoms with Crippen LogP contribution in [0.15, 0.2) is 11.8 Å². The molecule has 3 aliphatic heterocycles. The number of nitrogens with two attached hydrogens (primary N) is 3. The smallest absolute Gasteiger partial charge is 0.250 e. The van der Waals surface area contributed by atoms with Gasteiger partial charge < -0.3 is 73.1 Å². The van der Waals surface area contributed by atoms with Crippen molar-refractivity contribution in [1.29, 1.82) is 0 Å². The fraction of sp³-hybridized carbons (Fsp3) is 0.893. The Balaban J connectivity index is 1.49. The van der Waals surface area contributed by atoms with Gasteiger partial charge in [-0.15, -0.1) is 0 Å². The van der Waals surface area contributed by atoms with Crippen LogP contribution in [-0.4, -0.2) is 139 Å². The minimum absolute atomic E-state index is 0.149. The lowest BCUT2D eigenvalue weighted by Crippen LogP contribution is -2.69. The highest BCUT2D eigenvalue weighted by molar-refractivity contribution is 5.81. The van der Waals surface area contributed by atoms with Gasteiger partial charge >= 0.3 is 0 Å². The molecule has 14 N–H and O–H groups in total. The van der Waals surface area contributed by atoms with Gasteiger partial charge in [-0.2, -0.15) is 0 Å². The molecule has 15 heteroatoms. The number of hydrogen-bond donors (Lipinski definition) is 11. The lowest BCUT2D eigenvalue weighted by atomic mass is 9.72. The Morgan fingerprint density at radius 2 is 1.95 bits per heavy atom. The highest BCUT2D eigenvalue weighted by atomic mass is 16.7. The van der Waals surface area contributed by atoms with Gasteiger partial charge in [-0.05, 0) is 71.3 Å². The summed E-state index contributed by atoms with van der Waals surface area (Å²) in [6, 6.07) is -2.76. The monoisotopic (exact) mass is 615 g/mol. The molecule has 4 aliphatic rings. The van der Waals surface area contributed by atoms with E-state index in [1.54, 1.807) is 7.05 Å². The molecule has 12 atom stereocenters. The zero-order valence-electron chi connectivity index (χ0n) is 25.2. The van der Waals surface area contributed by atoms with Gasteiger partial charge in [0.2, 0.25) is 5.91 Å². The Hall–Kier alpha value is -1.47. The van der Waals surface area contributed by atoms with Crippen LogP contribution in [0.4, 0.5) is 0 Å². The number of hydrogen-bond acceptors (Lipinski definition) is 14. The summed E-state index contributed by atoms with van der Waals surface area (Å²) in [6.45, 7) is 4.53. The van der Waals surface area contributed by atoms with E-state index < -0.39 is 78.4 Å². The Bertz CT molecular complexity index is 939. The van der Waals surface area contributed by atoms with Crippen LogP contribution >= 0.6 is 0 Å². The number of carbonyl (C=O) groups is 1. The Morgan fingerprint density at radius 3 is 2.63 bits per heavy atom. The first-order valence-corrected chi connectivity index (χ1v) is 15.5. The molecule has 0 aromatic heterocycles. The number of nitrogens with one attached hydrogen (secondary N) is 4. The molecule has 2 saturated heterocycles. The van der Waals surface area contributed by atoms with Crippen molar-refractivity contribution in [3.05, 3.63) is 11.8 Å². The van der Waals surface area contributed by atoms with E-state index in [4.69, 9.17) is 31.4 Å². The molecule has 0 aromatic carbocycles. The average Bonchev–Trinajstić information content (AvgIpc) is 2.97. The van der Waals surface area contributed by atoms with Crippen LogP contribution in [-0.2, 0) is 19.0 Å². The van der Waals surface area contributed by atoms with E-state index in [0.29, 0.717) is 18.9 Å². The van der Waals surface area contributed by atoms with Gasteiger partial charge in [-0.3, -0.25) is 4.79 Å². The molecule has 3 heterocycles. The summed E-state index contributed by atoms with van der Waals surface area (Å²) in [5, 5.41) is 55.9. The predicted octanol–water partition coefficient (Wildman–Crippen LogP) is -4.47. The first-order valence-electron chi connectivity index (χ1n) is 15.5. The van der Waals surface area contributed by atoms with Gasteiger partial charge in [-0.25, -0.2) is 0 Å². The number of carbonyl (C=O) groups excluding carboxylic acids is 1. The number of ether oxygens (including phenoxy) is 3. The van der Waals surface area contributed by atoms with E-state index in [0.717, 1.165) is 38.2 Å². The topological polar surface area (TPSA) is 252 Å². The van der Waals surface area contributed by atoms with Gasteiger partial charge in [0.05, 0.1) is 31.3 Å². The minimum Gasteiger partial charge on any atom is -0.492 e. The van der Waals surface area contributed by atoms with Crippen LogP contribution in [0.3, 0.4) is 0 Å². The van der Waals surface area contributed by atoms with E-state index in [2.05, 4.69) is 21.3 Å². The quantitative estimate of drug-likeness (QED) is 0.105. The van der Waals surface area contributed by atoms with Crippen molar-refractivity contribution in [2.24, 2.45) is 29.0 Å².